The van der Waals surface area contributed by atoms with Gasteiger partial charge in [0.2, 0.25) is 0 Å². The molecule has 3 rings (SSSR count). The molecule has 2 aromatic rings. The number of amides is 1. The van der Waals surface area contributed by atoms with Crippen LogP contribution < -0.4 is 9.80 Å². The van der Waals surface area contributed by atoms with E-state index >= 15 is 0 Å². The summed E-state index contributed by atoms with van der Waals surface area (Å²) in [5.74, 6) is 0.954. The summed E-state index contributed by atoms with van der Waals surface area (Å²) >= 11 is 1.82. The highest BCUT2D eigenvalue weighted by Crippen LogP contribution is 2.26. The molecule has 1 aliphatic heterocycles. The molecule has 1 heterocycles. The average molecular weight is 427 g/mol. The average Bonchev–Trinajstić information content (AvgIpc) is 2.74. The zero-order valence-corrected chi connectivity index (χ0v) is 19.3. The maximum absolute atomic E-state index is 12.9. The van der Waals surface area contributed by atoms with Crippen molar-refractivity contribution in [3.05, 3.63) is 54.6 Å². The molecule has 0 radical (unpaired) electrons. The molecule has 0 unspecified atom stereocenters. The molecule has 0 N–H and O–H groups in total. The number of benzene rings is 2. The van der Waals surface area contributed by atoms with Crippen molar-refractivity contribution in [3.8, 4) is 0 Å². The van der Waals surface area contributed by atoms with Gasteiger partial charge in [0, 0.05) is 35.9 Å². The Bertz CT molecular complexity index is 781. The molecule has 162 valence electrons. The summed E-state index contributed by atoms with van der Waals surface area (Å²) in [6, 6.07) is 18.8. The molecule has 1 aliphatic rings. The quantitative estimate of drug-likeness (QED) is 0.369. The number of rotatable bonds is 7. The fourth-order valence-corrected chi connectivity index (χ4v) is 4.43. The second-order valence-corrected chi connectivity index (χ2v) is 9.88. The van der Waals surface area contributed by atoms with Gasteiger partial charge in [-0.05, 0) is 88.6 Å². The van der Waals surface area contributed by atoms with Crippen LogP contribution in [-0.2, 0) is 4.74 Å². The molecule has 0 bridgehead atoms. The van der Waals surface area contributed by atoms with Gasteiger partial charge >= 0.3 is 6.09 Å². The summed E-state index contributed by atoms with van der Waals surface area (Å²) in [5, 5.41) is 0. The molecule has 0 saturated carbocycles. The van der Waals surface area contributed by atoms with Crippen LogP contribution in [0.1, 0.15) is 46.5 Å². The lowest BCUT2D eigenvalue weighted by molar-refractivity contribution is 0.0580. The Balaban J connectivity index is 1.64. The molecule has 30 heavy (non-hydrogen) atoms. The van der Waals surface area contributed by atoms with Gasteiger partial charge in [0.15, 0.2) is 0 Å². The SMILES string of the molecule is CC(C)(C)OC(=O)N(CCCSc1ccccc1)c1ccc(N2CCCCC2)cc1. The third-order valence-electron chi connectivity index (χ3n) is 5.03. The lowest BCUT2D eigenvalue weighted by atomic mass is 10.1. The Morgan fingerprint density at radius 1 is 1.00 bits per heavy atom. The minimum atomic E-state index is -0.512. The summed E-state index contributed by atoms with van der Waals surface area (Å²) in [6.07, 6.45) is 4.45. The monoisotopic (exact) mass is 426 g/mol. The van der Waals surface area contributed by atoms with Gasteiger partial charge in [-0.1, -0.05) is 18.2 Å². The second kappa shape index (κ2) is 10.8. The highest BCUT2D eigenvalue weighted by molar-refractivity contribution is 7.99. The molecule has 2 aromatic carbocycles. The summed E-state index contributed by atoms with van der Waals surface area (Å²) < 4.78 is 5.69. The normalized spacial score (nSPS) is 14.4. The molecule has 4 nitrogen and oxygen atoms in total. The fourth-order valence-electron chi connectivity index (χ4n) is 3.57. The van der Waals surface area contributed by atoms with Crippen LogP contribution in [0.15, 0.2) is 59.5 Å². The van der Waals surface area contributed by atoms with E-state index < -0.39 is 5.60 Å². The van der Waals surface area contributed by atoms with E-state index in [2.05, 4.69) is 53.4 Å². The minimum Gasteiger partial charge on any atom is -0.443 e. The maximum Gasteiger partial charge on any atom is 0.414 e. The van der Waals surface area contributed by atoms with Crippen LogP contribution in [-0.4, -0.2) is 37.1 Å². The minimum absolute atomic E-state index is 0.280. The van der Waals surface area contributed by atoms with Gasteiger partial charge in [-0.3, -0.25) is 4.90 Å². The Hall–Kier alpha value is -2.14. The maximum atomic E-state index is 12.9. The van der Waals surface area contributed by atoms with Crippen molar-refractivity contribution >= 4 is 29.2 Å². The summed E-state index contributed by atoms with van der Waals surface area (Å²) in [6.45, 7) is 8.60. The number of ether oxygens (including phenoxy) is 1. The molecule has 5 heteroatoms. The van der Waals surface area contributed by atoms with Crippen molar-refractivity contribution in [2.45, 2.75) is 57.0 Å². The summed E-state index contributed by atoms with van der Waals surface area (Å²) in [7, 11) is 0. The first-order chi connectivity index (χ1) is 14.4. The van der Waals surface area contributed by atoms with Crippen LogP contribution >= 0.6 is 11.8 Å². The largest absolute Gasteiger partial charge is 0.443 e. The molecule has 1 fully saturated rings. The molecule has 0 aromatic heterocycles. The van der Waals surface area contributed by atoms with Crippen molar-refractivity contribution in [3.63, 3.8) is 0 Å². The Morgan fingerprint density at radius 3 is 2.30 bits per heavy atom. The molecular formula is C25H34N2O2S. The molecule has 0 spiro atoms. The molecule has 0 atom stereocenters. The van der Waals surface area contributed by atoms with Crippen LogP contribution in [0.3, 0.4) is 0 Å². The van der Waals surface area contributed by atoms with Gasteiger partial charge < -0.3 is 9.64 Å². The van der Waals surface area contributed by atoms with Crippen LogP contribution in [0.2, 0.25) is 0 Å². The Morgan fingerprint density at radius 2 is 1.67 bits per heavy atom. The zero-order chi connectivity index (χ0) is 21.4. The molecule has 1 saturated heterocycles. The van der Waals surface area contributed by atoms with Crippen LogP contribution in [0.5, 0.6) is 0 Å². The number of carbonyl (C=O) groups is 1. The van der Waals surface area contributed by atoms with Crippen molar-refractivity contribution < 1.29 is 9.53 Å². The van der Waals surface area contributed by atoms with Gasteiger partial charge in [-0.15, -0.1) is 11.8 Å². The first-order valence-corrected chi connectivity index (χ1v) is 11.9. The molecule has 1 amide bonds. The van der Waals surface area contributed by atoms with Gasteiger partial charge in [0.1, 0.15) is 5.60 Å². The van der Waals surface area contributed by atoms with E-state index in [0.717, 1.165) is 31.0 Å². The topological polar surface area (TPSA) is 32.8 Å². The van der Waals surface area contributed by atoms with E-state index in [9.17, 15) is 4.79 Å². The van der Waals surface area contributed by atoms with Gasteiger partial charge in [-0.2, -0.15) is 0 Å². The fraction of sp³-hybridized carbons (Fsp3) is 0.480. The highest BCUT2D eigenvalue weighted by Gasteiger charge is 2.23. The third kappa shape index (κ3) is 6.98. The van der Waals surface area contributed by atoms with Crippen molar-refractivity contribution in [2.75, 3.05) is 35.2 Å². The second-order valence-electron chi connectivity index (χ2n) is 8.71. The number of nitrogens with zero attached hydrogens (tertiary/aromatic N) is 2. The lowest BCUT2D eigenvalue weighted by Gasteiger charge is -2.30. The standard InChI is InChI=1S/C25H34N2O2S/c1-25(2,3)29-24(28)27(19-10-20-30-23-11-6-4-7-12-23)22-15-13-21(14-16-22)26-17-8-5-9-18-26/h4,6-7,11-16H,5,8-10,17-20H2,1-3H3. The van der Waals surface area contributed by atoms with E-state index in [1.54, 1.807) is 4.90 Å². The first kappa shape index (κ1) is 22.5. The number of carbonyl (C=O) groups excluding carboxylic acids is 1. The van der Waals surface area contributed by atoms with Crippen molar-refractivity contribution in [1.29, 1.82) is 0 Å². The van der Waals surface area contributed by atoms with Crippen LogP contribution in [0.4, 0.5) is 16.2 Å². The third-order valence-corrected chi connectivity index (χ3v) is 6.13. The number of anilines is 2. The van der Waals surface area contributed by atoms with Crippen molar-refractivity contribution in [2.24, 2.45) is 0 Å². The number of thioether (sulfide) groups is 1. The van der Waals surface area contributed by atoms with E-state index in [1.165, 1.54) is 29.8 Å². The lowest BCUT2D eigenvalue weighted by Crippen LogP contribution is -2.37. The van der Waals surface area contributed by atoms with Crippen molar-refractivity contribution in [1.82, 2.24) is 0 Å². The van der Waals surface area contributed by atoms with E-state index in [1.807, 2.05) is 38.6 Å². The number of piperidine rings is 1. The number of hydrogen-bond donors (Lipinski definition) is 0. The van der Waals surface area contributed by atoms with Crippen LogP contribution in [0.25, 0.3) is 0 Å². The molecular weight excluding hydrogens is 392 g/mol. The predicted octanol–water partition coefficient (Wildman–Crippen LogP) is 6.60. The predicted molar refractivity (Wildman–Crippen MR) is 128 cm³/mol. The zero-order valence-electron chi connectivity index (χ0n) is 18.5. The summed E-state index contributed by atoms with van der Waals surface area (Å²) in [5.41, 5.74) is 1.62. The van der Waals surface area contributed by atoms with Gasteiger partial charge in [0.25, 0.3) is 0 Å². The molecule has 0 aliphatic carbocycles. The van der Waals surface area contributed by atoms with Gasteiger partial charge in [0.05, 0.1) is 0 Å². The summed E-state index contributed by atoms with van der Waals surface area (Å²) in [4.78, 5) is 18.4. The van der Waals surface area contributed by atoms with Crippen LogP contribution in [0, 0.1) is 0 Å². The first-order valence-electron chi connectivity index (χ1n) is 11.0. The number of hydrogen-bond acceptors (Lipinski definition) is 4. The van der Waals surface area contributed by atoms with Gasteiger partial charge in [-0.25, -0.2) is 4.79 Å². The van der Waals surface area contributed by atoms with E-state index in [-0.39, 0.29) is 6.09 Å². The Labute approximate surface area is 185 Å². The smallest absolute Gasteiger partial charge is 0.414 e. The highest BCUT2D eigenvalue weighted by atomic mass is 32.2. The van der Waals surface area contributed by atoms with E-state index in [0.29, 0.717) is 6.54 Å². The Kier molecular flexibility index (Phi) is 8.08. The van der Waals surface area contributed by atoms with E-state index in [4.69, 9.17) is 4.74 Å².